The Balaban J connectivity index is 3.42. The number of hydrogen-bond acceptors (Lipinski definition) is 2. The van der Waals surface area contributed by atoms with E-state index in [1.807, 2.05) is 6.92 Å². The van der Waals surface area contributed by atoms with Crippen molar-refractivity contribution < 1.29 is 9.59 Å². The van der Waals surface area contributed by atoms with Crippen LogP contribution in [0.2, 0.25) is 0 Å². The molecule has 0 fully saturated rings. The van der Waals surface area contributed by atoms with Crippen molar-refractivity contribution in [1.82, 2.24) is 4.57 Å². The standard InChI is InChI=1S/C13H19ClN2O2/c1-7-6-10(11(17)8(2)14)9(3)16(7)13(4,5)12(15)18/h6,8H,1-5H3,(H2,15,18). The fourth-order valence-electron chi connectivity index (χ4n) is 2.20. The van der Waals surface area contributed by atoms with Crippen LogP contribution in [-0.4, -0.2) is 21.6 Å². The van der Waals surface area contributed by atoms with Crippen molar-refractivity contribution in [1.29, 1.82) is 0 Å². The highest BCUT2D eigenvalue weighted by Gasteiger charge is 2.32. The molecule has 1 atom stereocenters. The Bertz CT molecular complexity index is 501. The zero-order chi connectivity index (χ0) is 14.2. The normalized spacial score (nSPS) is 13.4. The molecule has 1 heterocycles. The number of halogens is 1. The van der Waals surface area contributed by atoms with Gasteiger partial charge in [-0.05, 0) is 40.7 Å². The van der Waals surface area contributed by atoms with Gasteiger partial charge in [0.05, 0.1) is 5.38 Å². The first kappa shape index (κ1) is 14.8. The molecule has 0 aliphatic heterocycles. The summed E-state index contributed by atoms with van der Waals surface area (Å²) in [6, 6.07) is 1.75. The van der Waals surface area contributed by atoms with E-state index in [1.165, 1.54) is 0 Å². The fraction of sp³-hybridized carbons (Fsp3) is 0.538. The number of carbonyl (C=O) groups excluding carboxylic acids is 2. The molecule has 100 valence electrons. The van der Waals surface area contributed by atoms with Crippen LogP contribution in [0.3, 0.4) is 0 Å². The lowest BCUT2D eigenvalue weighted by Gasteiger charge is -2.27. The molecule has 1 amide bonds. The van der Waals surface area contributed by atoms with Gasteiger partial charge in [-0.2, -0.15) is 0 Å². The third-order valence-electron chi connectivity index (χ3n) is 3.22. The van der Waals surface area contributed by atoms with Crippen molar-refractivity contribution in [3.05, 3.63) is 23.0 Å². The molecule has 0 aliphatic carbocycles. The number of Topliss-reactive ketones (excluding diaryl/α,β-unsaturated/α-hetero) is 1. The van der Waals surface area contributed by atoms with Crippen LogP contribution in [0.25, 0.3) is 0 Å². The first-order chi connectivity index (χ1) is 8.10. The maximum atomic E-state index is 12.0. The van der Waals surface area contributed by atoms with E-state index in [-0.39, 0.29) is 5.78 Å². The maximum Gasteiger partial charge on any atom is 0.243 e. The van der Waals surface area contributed by atoms with Crippen molar-refractivity contribution in [2.45, 2.75) is 45.5 Å². The fourth-order valence-corrected chi connectivity index (χ4v) is 2.31. The first-order valence-electron chi connectivity index (χ1n) is 5.78. The van der Waals surface area contributed by atoms with E-state index < -0.39 is 16.8 Å². The Morgan fingerprint density at radius 1 is 1.39 bits per heavy atom. The Labute approximate surface area is 112 Å². The predicted octanol–water partition coefficient (Wildman–Crippen LogP) is 2.14. The average Bonchev–Trinajstić information content (AvgIpc) is 2.52. The summed E-state index contributed by atoms with van der Waals surface area (Å²) in [7, 11) is 0. The summed E-state index contributed by atoms with van der Waals surface area (Å²) >= 11 is 5.82. The molecule has 0 bridgehead atoms. The molecular formula is C13H19ClN2O2. The molecule has 0 aromatic carbocycles. The van der Waals surface area contributed by atoms with E-state index in [4.69, 9.17) is 17.3 Å². The SMILES string of the molecule is Cc1cc(C(=O)C(C)Cl)c(C)n1C(C)(C)C(N)=O. The molecule has 0 saturated heterocycles. The quantitative estimate of drug-likeness (QED) is 0.673. The Hall–Kier alpha value is -1.29. The average molecular weight is 271 g/mol. The lowest BCUT2D eigenvalue weighted by atomic mass is 10.0. The number of primary amides is 1. The molecule has 18 heavy (non-hydrogen) atoms. The minimum absolute atomic E-state index is 0.142. The van der Waals surface area contributed by atoms with Crippen LogP contribution in [0.15, 0.2) is 6.07 Å². The highest BCUT2D eigenvalue weighted by atomic mass is 35.5. The summed E-state index contributed by atoms with van der Waals surface area (Å²) < 4.78 is 1.78. The van der Waals surface area contributed by atoms with Gasteiger partial charge in [0, 0.05) is 17.0 Å². The molecule has 1 aromatic rings. The smallest absolute Gasteiger partial charge is 0.243 e. The second kappa shape index (κ2) is 4.76. The van der Waals surface area contributed by atoms with Gasteiger partial charge in [0.15, 0.2) is 5.78 Å². The zero-order valence-electron chi connectivity index (χ0n) is 11.4. The van der Waals surface area contributed by atoms with Crippen LogP contribution in [0.4, 0.5) is 0 Å². The zero-order valence-corrected chi connectivity index (χ0v) is 12.1. The van der Waals surface area contributed by atoms with E-state index in [1.54, 1.807) is 38.3 Å². The third kappa shape index (κ3) is 2.29. The number of nitrogens with two attached hydrogens (primary N) is 1. The van der Waals surface area contributed by atoms with Crippen molar-refractivity contribution in [2.75, 3.05) is 0 Å². The lowest BCUT2D eigenvalue weighted by molar-refractivity contribution is -0.125. The molecule has 0 saturated carbocycles. The molecule has 0 aliphatic rings. The predicted molar refractivity (Wildman–Crippen MR) is 72.1 cm³/mol. The Morgan fingerprint density at radius 2 is 1.89 bits per heavy atom. The third-order valence-corrected chi connectivity index (χ3v) is 3.42. The summed E-state index contributed by atoms with van der Waals surface area (Å²) in [4.78, 5) is 23.5. The molecule has 0 radical (unpaired) electrons. The maximum absolute atomic E-state index is 12.0. The number of aryl methyl sites for hydroxylation is 1. The van der Waals surface area contributed by atoms with Gasteiger partial charge in [-0.15, -0.1) is 11.6 Å². The number of carbonyl (C=O) groups is 2. The summed E-state index contributed by atoms with van der Waals surface area (Å²) in [5.74, 6) is -0.585. The largest absolute Gasteiger partial charge is 0.368 e. The van der Waals surface area contributed by atoms with Crippen molar-refractivity contribution >= 4 is 23.3 Å². The first-order valence-corrected chi connectivity index (χ1v) is 6.22. The van der Waals surface area contributed by atoms with Crippen LogP contribution in [0.1, 0.15) is 42.5 Å². The molecule has 1 aromatic heterocycles. The topological polar surface area (TPSA) is 65.1 Å². The van der Waals surface area contributed by atoms with Gasteiger partial charge in [-0.3, -0.25) is 9.59 Å². The number of alkyl halides is 1. The van der Waals surface area contributed by atoms with Crippen molar-refractivity contribution in [2.24, 2.45) is 5.73 Å². The number of aromatic nitrogens is 1. The van der Waals surface area contributed by atoms with Crippen molar-refractivity contribution in [3.8, 4) is 0 Å². The van der Waals surface area contributed by atoms with Crippen LogP contribution < -0.4 is 5.73 Å². The highest BCUT2D eigenvalue weighted by molar-refractivity contribution is 6.33. The molecule has 2 N–H and O–H groups in total. The van der Waals surface area contributed by atoms with Crippen molar-refractivity contribution in [3.63, 3.8) is 0 Å². The van der Waals surface area contributed by atoms with E-state index in [9.17, 15) is 9.59 Å². The Morgan fingerprint density at radius 3 is 2.28 bits per heavy atom. The summed E-state index contributed by atoms with van der Waals surface area (Å²) in [6.07, 6.45) is 0. The van der Waals surface area contributed by atoms with Gasteiger partial charge in [0.25, 0.3) is 0 Å². The monoisotopic (exact) mass is 270 g/mol. The second-order valence-electron chi connectivity index (χ2n) is 5.02. The summed E-state index contributed by atoms with van der Waals surface area (Å²) in [5.41, 5.74) is 6.62. The molecule has 1 rings (SSSR count). The molecule has 1 unspecified atom stereocenters. The van der Waals surface area contributed by atoms with Crippen LogP contribution in [-0.2, 0) is 10.3 Å². The Kier molecular flexibility index (Phi) is 3.91. The van der Waals surface area contributed by atoms with Gasteiger partial charge in [0.1, 0.15) is 5.54 Å². The molecule has 0 spiro atoms. The molecule has 4 nitrogen and oxygen atoms in total. The van der Waals surface area contributed by atoms with Gasteiger partial charge in [0.2, 0.25) is 5.91 Å². The number of rotatable bonds is 4. The van der Waals surface area contributed by atoms with E-state index in [0.29, 0.717) is 11.3 Å². The number of ketones is 1. The second-order valence-corrected chi connectivity index (χ2v) is 5.68. The summed E-state index contributed by atoms with van der Waals surface area (Å²) in [6.45, 7) is 8.73. The molecule has 5 heteroatoms. The lowest BCUT2D eigenvalue weighted by Crippen LogP contribution is -2.42. The van der Waals surface area contributed by atoms with Crippen LogP contribution in [0.5, 0.6) is 0 Å². The van der Waals surface area contributed by atoms with Gasteiger partial charge >= 0.3 is 0 Å². The highest BCUT2D eigenvalue weighted by Crippen LogP contribution is 2.26. The number of nitrogens with zero attached hydrogens (tertiary/aromatic N) is 1. The van der Waals surface area contributed by atoms with E-state index in [0.717, 1.165) is 5.69 Å². The number of hydrogen-bond donors (Lipinski definition) is 1. The summed E-state index contributed by atoms with van der Waals surface area (Å²) in [5, 5.41) is -0.587. The minimum Gasteiger partial charge on any atom is -0.368 e. The van der Waals surface area contributed by atoms with Gasteiger partial charge in [-0.25, -0.2) is 0 Å². The van der Waals surface area contributed by atoms with E-state index >= 15 is 0 Å². The van der Waals surface area contributed by atoms with E-state index in [2.05, 4.69) is 0 Å². The van der Waals surface area contributed by atoms with Crippen LogP contribution >= 0.6 is 11.6 Å². The van der Waals surface area contributed by atoms with Gasteiger partial charge < -0.3 is 10.3 Å². The van der Waals surface area contributed by atoms with Crippen LogP contribution in [0, 0.1) is 13.8 Å². The molecular weight excluding hydrogens is 252 g/mol. The van der Waals surface area contributed by atoms with Gasteiger partial charge in [-0.1, -0.05) is 0 Å². The number of amides is 1. The minimum atomic E-state index is -0.873.